The third-order valence-corrected chi connectivity index (χ3v) is 3.25. The Balaban J connectivity index is 1.85. The SMILES string of the molecule is CCC1CC(=O)N(CC(=O)C2CC2)C1. The molecule has 2 fully saturated rings. The average molecular weight is 195 g/mol. The molecule has 0 radical (unpaired) electrons. The average Bonchev–Trinajstić information content (AvgIpc) is 2.94. The molecule has 1 aliphatic carbocycles. The van der Waals surface area contributed by atoms with Crippen LogP contribution in [0.25, 0.3) is 0 Å². The first-order valence-electron chi connectivity index (χ1n) is 5.51. The molecule has 0 N–H and O–H groups in total. The Kier molecular flexibility index (Phi) is 2.57. The van der Waals surface area contributed by atoms with Gasteiger partial charge in [0.1, 0.15) is 0 Å². The van der Waals surface area contributed by atoms with E-state index in [1.165, 1.54) is 0 Å². The minimum absolute atomic E-state index is 0.172. The van der Waals surface area contributed by atoms with Gasteiger partial charge >= 0.3 is 0 Å². The van der Waals surface area contributed by atoms with Crippen LogP contribution in [0.15, 0.2) is 0 Å². The highest BCUT2D eigenvalue weighted by Gasteiger charge is 2.34. The number of rotatable bonds is 4. The van der Waals surface area contributed by atoms with Crippen LogP contribution in [0.4, 0.5) is 0 Å². The molecule has 3 heteroatoms. The van der Waals surface area contributed by atoms with E-state index < -0.39 is 0 Å². The van der Waals surface area contributed by atoms with Gasteiger partial charge in [-0.3, -0.25) is 9.59 Å². The molecule has 3 nitrogen and oxygen atoms in total. The Morgan fingerprint density at radius 3 is 2.71 bits per heavy atom. The van der Waals surface area contributed by atoms with Gasteiger partial charge < -0.3 is 4.90 Å². The van der Waals surface area contributed by atoms with Crippen molar-refractivity contribution in [3.8, 4) is 0 Å². The molecule has 0 aromatic heterocycles. The minimum atomic E-state index is 0.172. The summed E-state index contributed by atoms with van der Waals surface area (Å²) >= 11 is 0. The maximum Gasteiger partial charge on any atom is 0.223 e. The number of amides is 1. The topological polar surface area (TPSA) is 37.4 Å². The summed E-state index contributed by atoms with van der Waals surface area (Å²) in [6.07, 6.45) is 3.77. The number of nitrogens with zero attached hydrogens (tertiary/aromatic N) is 1. The number of hydrogen-bond donors (Lipinski definition) is 0. The van der Waals surface area contributed by atoms with E-state index >= 15 is 0 Å². The Labute approximate surface area is 84.5 Å². The zero-order chi connectivity index (χ0) is 10.1. The normalized spacial score (nSPS) is 27.1. The Bertz CT molecular complexity index is 258. The van der Waals surface area contributed by atoms with Gasteiger partial charge in [0.05, 0.1) is 6.54 Å². The van der Waals surface area contributed by atoms with E-state index in [-0.39, 0.29) is 17.6 Å². The number of carbonyl (C=O) groups is 2. The Hall–Kier alpha value is -0.860. The highest BCUT2D eigenvalue weighted by molar-refractivity contribution is 5.89. The van der Waals surface area contributed by atoms with Gasteiger partial charge in [-0.1, -0.05) is 13.3 Å². The lowest BCUT2D eigenvalue weighted by Crippen LogP contribution is -2.31. The van der Waals surface area contributed by atoms with Crippen LogP contribution in [0.2, 0.25) is 0 Å². The van der Waals surface area contributed by atoms with E-state index in [9.17, 15) is 9.59 Å². The van der Waals surface area contributed by atoms with Crippen molar-refractivity contribution in [3.63, 3.8) is 0 Å². The Morgan fingerprint density at radius 2 is 2.21 bits per heavy atom. The summed E-state index contributed by atoms with van der Waals surface area (Å²) in [6.45, 7) is 3.28. The van der Waals surface area contributed by atoms with E-state index in [0.717, 1.165) is 25.8 Å². The smallest absolute Gasteiger partial charge is 0.223 e. The van der Waals surface area contributed by atoms with Crippen LogP contribution in [-0.2, 0) is 9.59 Å². The molecule has 1 amide bonds. The van der Waals surface area contributed by atoms with Crippen molar-refractivity contribution in [1.82, 2.24) is 4.90 Å². The molecule has 14 heavy (non-hydrogen) atoms. The van der Waals surface area contributed by atoms with Gasteiger partial charge in [-0.05, 0) is 18.8 Å². The molecule has 0 aromatic carbocycles. The summed E-state index contributed by atoms with van der Waals surface area (Å²) in [4.78, 5) is 24.7. The number of likely N-dealkylation sites (tertiary alicyclic amines) is 1. The fourth-order valence-corrected chi connectivity index (χ4v) is 2.00. The second-order valence-corrected chi connectivity index (χ2v) is 4.49. The summed E-state index contributed by atoms with van der Waals surface area (Å²) in [5.74, 6) is 1.21. The zero-order valence-electron chi connectivity index (χ0n) is 8.66. The molecule has 1 saturated carbocycles. The van der Waals surface area contributed by atoms with Crippen molar-refractivity contribution in [2.75, 3.05) is 13.1 Å². The van der Waals surface area contributed by atoms with Gasteiger partial charge in [0, 0.05) is 18.9 Å². The summed E-state index contributed by atoms with van der Waals surface area (Å²) in [6, 6.07) is 0. The maximum atomic E-state index is 11.5. The van der Waals surface area contributed by atoms with E-state index in [0.29, 0.717) is 18.9 Å². The lowest BCUT2D eigenvalue weighted by Gasteiger charge is -2.14. The number of Topliss-reactive ketones (excluding diaryl/α,β-unsaturated/α-hetero) is 1. The first kappa shape index (κ1) is 9.69. The highest BCUT2D eigenvalue weighted by atomic mass is 16.2. The van der Waals surface area contributed by atoms with Crippen molar-refractivity contribution in [3.05, 3.63) is 0 Å². The lowest BCUT2D eigenvalue weighted by atomic mass is 10.1. The van der Waals surface area contributed by atoms with Gasteiger partial charge in [0.25, 0.3) is 0 Å². The fourth-order valence-electron chi connectivity index (χ4n) is 2.00. The zero-order valence-corrected chi connectivity index (χ0v) is 8.66. The van der Waals surface area contributed by atoms with Gasteiger partial charge in [0.2, 0.25) is 5.91 Å². The van der Waals surface area contributed by atoms with E-state index in [1.807, 2.05) is 0 Å². The molecule has 1 heterocycles. The molecule has 1 saturated heterocycles. The quantitative estimate of drug-likeness (QED) is 0.676. The second kappa shape index (κ2) is 3.71. The van der Waals surface area contributed by atoms with Gasteiger partial charge in [-0.15, -0.1) is 0 Å². The fraction of sp³-hybridized carbons (Fsp3) is 0.818. The van der Waals surface area contributed by atoms with E-state index in [1.54, 1.807) is 4.90 Å². The van der Waals surface area contributed by atoms with E-state index in [2.05, 4.69) is 6.92 Å². The summed E-state index contributed by atoms with van der Waals surface area (Å²) < 4.78 is 0. The molecular weight excluding hydrogens is 178 g/mol. The summed E-state index contributed by atoms with van der Waals surface area (Å²) in [7, 11) is 0. The molecule has 0 bridgehead atoms. The second-order valence-electron chi connectivity index (χ2n) is 4.49. The maximum absolute atomic E-state index is 11.5. The molecular formula is C11H17NO2. The van der Waals surface area contributed by atoms with Crippen LogP contribution in [0.3, 0.4) is 0 Å². The van der Waals surface area contributed by atoms with Crippen molar-refractivity contribution in [1.29, 1.82) is 0 Å². The van der Waals surface area contributed by atoms with Crippen molar-refractivity contribution < 1.29 is 9.59 Å². The van der Waals surface area contributed by atoms with Crippen LogP contribution in [0, 0.1) is 11.8 Å². The lowest BCUT2D eigenvalue weighted by molar-refractivity contribution is -0.132. The van der Waals surface area contributed by atoms with Gasteiger partial charge in [-0.2, -0.15) is 0 Å². The summed E-state index contributed by atoms with van der Waals surface area (Å²) in [5.41, 5.74) is 0. The molecule has 1 unspecified atom stereocenters. The highest BCUT2D eigenvalue weighted by Crippen LogP contribution is 2.31. The van der Waals surface area contributed by atoms with Crippen LogP contribution >= 0.6 is 0 Å². The third-order valence-electron chi connectivity index (χ3n) is 3.25. The molecule has 0 aromatic rings. The number of hydrogen-bond acceptors (Lipinski definition) is 2. The van der Waals surface area contributed by atoms with E-state index in [4.69, 9.17) is 0 Å². The van der Waals surface area contributed by atoms with Crippen LogP contribution in [-0.4, -0.2) is 29.7 Å². The van der Waals surface area contributed by atoms with Gasteiger partial charge in [-0.25, -0.2) is 0 Å². The first-order valence-corrected chi connectivity index (χ1v) is 5.51. The van der Waals surface area contributed by atoms with Crippen LogP contribution < -0.4 is 0 Å². The van der Waals surface area contributed by atoms with Crippen molar-refractivity contribution in [2.45, 2.75) is 32.6 Å². The Morgan fingerprint density at radius 1 is 1.50 bits per heavy atom. The van der Waals surface area contributed by atoms with Crippen molar-refractivity contribution in [2.24, 2.45) is 11.8 Å². The molecule has 0 spiro atoms. The molecule has 78 valence electrons. The van der Waals surface area contributed by atoms with Crippen LogP contribution in [0.5, 0.6) is 0 Å². The molecule has 2 rings (SSSR count). The monoisotopic (exact) mass is 195 g/mol. The molecule has 2 aliphatic rings. The third kappa shape index (κ3) is 1.97. The largest absolute Gasteiger partial charge is 0.335 e. The minimum Gasteiger partial charge on any atom is -0.335 e. The van der Waals surface area contributed by atoms with Gasteiger partial charge in [0.15, 0.2) is 5.78 Å². The summed E-state index contributed by atoms with van der Waals surface area (Å²) in [5, 5.41) is 0. The predicted molar refractivity (Wildman–Crippen MR) is 52.7 cm³/mol. The van der Waals surface area contributed by atoms with Crippen molar-refractivity contribution >= 4 is 11.7 Å². The van der Waals surface area contributed by atoms with Crippen LogP contribution in [0.1, 0.15) is 32.6 Å². The molecule has 1 atom stereocenters. The number of carbonyl (C=O) groups excluding carboxylic acids is 2. The first-order chi connectivity index (χ1) is 6.70. The predicted octanol–water partition coefficient (Wildman–Crippen LogP) is 1.22. The standard InChI is InChI=1S/C11H17NO2/c1-2-8-5-11(14)12(6-8)7-10(13)9-3-4-9/h8-9H,2-7H2,1H3. The molecule has 1 aliphatic heterocycles. The number of ketones is 1.